The molecule has 1 aromatic heterocycles. The number of carbonyl (C=O) groups excluding carboxylic acids is 2. The van der Waals surface area contributed by atoms with Crippen molar-refractivity contribution in [1.82, 2.24) is 14.9 Å². The number of carbonyl (C=O) groups is 2. The number of anilines is 2. The minimum Gasteiger partial charge on any atom is -0.481 e. The van der Waals surface area contributed by atoms with Gasteiger partial charge in [-0.1, -0.05) is 18.2 Å². The number of para-hydroxylation sites is 1. The van der Waals surface area contributed by atoms with E-state index in [0.717, 1.165) is 4.90 Å². The molecule has 2 amide bonds. The monoisotopic (exact) mass is 609 g/mol. The number of nitrogens with zero attached hydrogens (tertiary/aromatic N) is 5. The van der Waals surface area contributed by atoms with Crippen LogP contribution in [0.3, 0.4) is 0 Å². The maximum absolute atomic E-state index is 14.1. The van der Waals surface area contributed by atoms with E-state index in [4.69, 9.17) is 9.47 Å². The highest BCUT2D eigenvalue weighted by molar-refractivity contribution is 6.05. The fraction of sp³-hybridized carbons (Fsp3) is 0.357. The highest BCUT2D eigenvalue weighted by atomic mass is 19.4. The van der Waals surface area contributed by atoms with Gasteiger partial charge in [-0.05, 0) is 43.2 Å². The van der Waals surface area contributed by atoms with Crippen LogP contribution in [0.25, 0.3) is 0 Å². The van der Waals surface area contributed by atoms with Gasteiger partial charge in [-0.25, -0.2) is 0 Å². The minimum absolute atomic E-state index is 0.0150. The Kier molecular flexibility index (Phi) is 7.60. The zero-order chi connectivity index (χ0) is 31.2. The molecule has 2 aliphatic heterocycles. The Morgan fingerprint density at radius 3 is 1.86 bits per heavy atom. The average Bonchev–Trinajstić information content (AvgIpc) is 3.27. The number of likely N-dealkylation sites (tertiary alicyclic amines) is 1. The van der Waals surface area contributed by atoms with Gasteiger partial charge in [-0.2, -0.15) is 36.3 Å². The Bertz CT molecular complexity index is 1470. The Hall–Kier alpha value is -4.56. The van der Waals surface area contributed by atoms with Crippen molar-refractivity contribution in [3.63, 3.8) is 0 Å². The largest absolute Gasteiger partial charge is 0.481 e. The van der Waals surface area contributed by atoms with Crippen LogP contribution in [-0.2, 0) is 17.1 Å². The summed E-state index contributed by atoms with van der Waals surface area (Å²) in [7, 11) is 2.79. The predicted octanol–water partition coefficient (Wildman–Crippen LogP) is 5.02. The van der Waals surface area contributed by atoms with Crippen LogP contribution in [-0.4, -0.2) is 66.2 Å². The van der Waals surface area contributed by atoms with Gasteiger partial charge in [-0.15, -0.1) is 0 Å². The van der Waals surface area contributed by atoms with E-state index in [9.17, 15) is 35.9 Å². The first-order valence-corrected chi connectivity index (χ1v) is 13.0. The van der Waals surface area contributed by atoms with Crippen molar-refractivity contribution in [2.45, 2.75) is 30.7 Å². The summed E-state index contributed by atoms with van der Waals surface area (Å²) in [5.74, 6) is -1.07. The number of hydrogen-bond donors (Lipinski definition) is 0. The molecule has 5 rings (SSSR count). The second kappa shape index (κ2) is 10.9. The maximum Gasteiger partial charge on any atom is 0.416 e. The van der Waals surface area contributed by atoms with Gasteiger partial charge in [0.1, 0.15) is 12.2 Å². The van der Waals surface area contributed by atoms with E-state index in [0.29, 0.717) is 17.8 Å². The molecule has 0 unspecified atom stereocenters. The van der Waals surface area contributed by atoms with Crippen molar-refractivity contribution in [1.29, 1.82) is 0 Å². The predicted molar refractivity (Wildman–Crippen MR) is 141 cm³/mol. The summed E-state index contributed by atoms with van der Waals surface area (Å²) in [6.45, 7) is -0.195. The number of aromatic nitrogens is 2. The molecular weight excluding hydrogens is 584 g/mol. The summed E-state index contributed by atoms with van der Waals surface area (Å²) in [6.07, 6.45) is -10.1. The number of halogens is 6. The fourth-order valence-corrected chi connectivity index (χ4v) is 5.35. The molecule has 0 bridgehead atoms. The van der Waals surface area contributed by atoms with Crippen molar-refractivity contribution >= 4 is 23.5 Å². The Labute approximate surface area is 241 Å². The van der Waals surface area contributed by atoms with Crippen LogP contribution in [0.4, 0.5) is 38.0 Å². The highest BCUT2D eigenvalue weighted by Gasteiger charge is 2.55. The highest BCUT2D eigenvalue weighted by Crippen LogP contribution is 2.42. The number of ether oxygens (including phenoxy) is 2. The van der Waals surface area contributed by atoms with Crippen LogP contribution in [0.15, 0.2) is 54.6 Å². The third-order valence-corrected chi connectivity index (χ3v) is 7.55. The summed E-state index contributed by atoms with van der Waals surface area (Å²) in [5.41, 5.74) is -4.42. The molecule has 9 nitrogen and oxygen atoms in total. The molecular formula is C28H25F6N5O4. The molecule has 2 aromatic carbocycles. The van der Waals surface area contributed by atoms with E-state index in [1.807, 2.05) is 4.90 Å². The lowest BCUT2D eigenvalue weighted by molar-refractivity contribution is -0.143. The molecule has 0 aliphatic carbocycles. The molecule has 15 heteroatoms. The molecule has 0 saturated carbocycles. The van der Waals surface area contributed by atoms with Crippen molar-refractivity contribution in [3.05, 3.63) is 71.3 Å². The Balaban J connectivity index is 1.46. The maximum atomic E-state index is 14.1. The third-order valence-electron chi connectivity index (χ3n) is 7.55. The lowest BCUT2D eigenvalue weighted by atomic mass is 9.85. The second-order valence-electron chi connectivity index (χ2n) is 10.0. The normalized spacial score (nSPS) is 17.0. The van der Waals surface area contributed by atoms with Gasteiger partial charge in [0, 0.05) is 24.3 Å². The molecule has 0 radical (unpaired) electrons. The second-order valence-corrected chi connectivity index (χ2v) is 10.0. The summed E-state index contributed by atoms with van der Waals surface area (Å²) in [6, 6.07) is 11.2. The van der Waals surface area contributed by atoms with Gasteiger partial charge in [0.15, 0.2) is 0 Å². The minimum atomic E-state index is -5.09. The van der Waals surface area contributed by atoms with E-state index in [-0.39, 0.29) is 56.4 Å². The van der Waals surface area contributed by atoms with Crippen molar-refractivity contribution < 1.29 is 45.4 Å². The molecule has 0 atom stereocenters. The molecule has 228 valence electrons. The van der Waals surface area contributed by atoms with Gasteiger partial charge in [0.2, 0.25) is 17.7 Å². The lowest BCUT2D eigenvalue weighted by Crippen LogP contribution is -2.57. The summed E-state index contributed by atoms with van der Waals surface area (Å²) in [4.78, 5) is 40.3. The topological polar surface area (TPSA) is 88.1 Å². The molecule has 2 fully saturated rings. The zero-order valence-electron chi connectivity index (χ0n) is 22.9. The molecule has 0 N–H and O–H groups in total. The first-order valence-electron chi connectivity index (χ1n) is 13.0. The quantitative estimate of drug-likeness (QED) is 0.376. The van der Waals surface area contributed by atoms with Crippen LogP contribution in [0, 0.1) is 0 Å². The number of methoxy groups -OCH3 is 2. The number of piperidine rings is 1. The van der Waals surface area contributed by atoms with E-state index < -0.39 is 46.4 Å². The first kappa shape index (κ1) is 29.9. The van der Waals surface area contributed by atoms with Crippen LogP contribution in [0.5, 0.6) is 11.8 Å². The van der Waals surface area contributed by atoms with Gasteiger partial charge in [-0.3, -0.25) is 14.5 Å². The number of alkyl halides is 6. The lowest BCUT2D eigenvalue weighted by Gasteiger charge is -2.43. The standard InChI is InChI=1S/C28H25F6N5O4/c1-42-21-15-22(43-2)36-25(35-21)38-16-39(20-6-4-3-5-7-20)26(24(38)41)8-10-37(11-9-26)23(40)17-12-18(27(29,30)31)14-19(13-17)28(32,33)34/h3-7,12-15H,8-11,16H2,1-2H3. The Morgan fingerprint density at radius 2 is 1.37 bits per heavy atom. The summed E-state index contributed by atoms with van der Waals surface area (Å²) in [5, 5.41) is 0. The number of hydrogen-bond acceptors (Lipinski definition) is 7. The van der Waals surface area contributed by atoms with Gasteiger partial charge in [0.05, 0.1) is 31.4 Å². The number of benzene rings is 2. The first-order chi connectivity index (χ1) is 20.3. The van der Waals surface area contributed by atoms with Crippen LogP contribution >= 0.6 is 0 Å². The van der Waals surface area contributed by atoms with Gasteiger partial charge in [0.25, 0.3) is 11.8 Å². The number of rotatable bonds is 5. The Morgan fingerprint density at radius 1 is 0.837 bits per heavy atom. The average molecular weight is 610 g/mol. The van der Waals surface area contributed by atoms with E-state index in [1.165, 1.54) is 25.2 Å². The number of amides is 2. The van der Waals surface area contributed by atoms with E-state index in [2.05, 4.69) is 9.97 Å². The third kappa shape index (κ3) is 5.62. The molecule has 43 heavy (non-hydrogen) atoms. The van der Waals surface area contributed by atoms with Gasteiger partial charge < -0.3 is 19.3 Å². The molecule has 1 spiro atoms. The molecule has 2 saturated heterocycles. The van der Waals surface area contributed by atoms with Gasteiger partial charge >= 0.3 is 12.4 Å². The zero-order valence-corrected chi connectivity index (χ0v) is 22.9. The van der Waals surface area contributed by atoms with E-state index in [1.54, 1.807) is 30.3 Å². The fourth-order valence-electron chi connectivity index (χ4n) is 5.35. The van der Waals surface area contributed by atoms with Crippen molar-refractivity contribution in [2.24, 2.45) is 0 Å². The molecule has 2 aliphatic rings. The SMILES string of the molecule is COc1cc(OC)nc(N2CN(c3ccccc3)C3(CCN(C(=O)c4cc(C(F)(F)F)cc(C(F)(F)F)c4)CC3)C2=O)n1. The van der Waals surface area contributed by atoms with Crippen molar-refractivity contribution in [3.8, 4) is 11.8 Å². The molecule has 3 aromatic rings. The van der Waals surface area contributed by atoms with Crippen LogP contribution in [0.1, 0.15) is 34.3 Å². The molecule has 3 heterocycles. The van der Waals surface area contributed by atoms with Crippen LogP contribution in [0.2, 0.25) is 0 Å². The smallest absolute Gasteiger partial charge is 0.416 e. The summed E-state index contributed by atoms with van der Waals surface area (Å²) >= 11 is 0. The van der Waals surface area contributed by atoms with Crippen LogP contribution < -0.4 is 19.3 Å². The summed E-state index contributed by atoms with van der Waals surface area (Å²) < 4.78 is 90.8. The van der Waals surface area contributed by atoms with E-state index >= 15 is 0 Å². The van der Waals surface area contributed by atoms with Crippen molar-refractivity contribution in [2.75, 3.05) is 43.8 Å².